The van der Waals surface area contributed by atoms with Crippen molar-refractivity contribution in [1.29, 1.82) is 0 Å². The van der Waals surface area contributed by atoms with Crippen molar-refractivity contribution in [2.75, 3.05) is 0 Å². The molecule has 0 aromatic carbocycles. The third-order valence-electron chi connectivity index (χ3n) is 6.49. The molecule has 2 heteroatoms. The number of ketones is 1. The third kappa shape index (κ3) is 6.52. The van der Waals surface area contributed by atoms with E-state index in [1.807, 2.05) is 6.08 Å². The number of alkyl halides is 1. The van der Waals surface area contributed by atoms with E-state index in [4.69, 9.17) is 0 Å². The van der Waals surface area contributed by atoms with E-state index in [1.165, 1.54) is 11.6 Å². The normalized spacial score (nSPS) is 33.0. The van der Waals surface area contributed by atoms with Gasteiger partial charge in [-0.05, 0) is 61.3 Å². The minimum atomic E-state index is -0.828. The van der Waals surface area contributed by atoms with Crippen LogP contribution in [0.5, 0.6) is 0 Å². The minimum absolute atomic E-state index is 0.0104. The summed E-state index contributed by atoms with van der Waals surface area (Å²) in [6.07, 6.45) is 10.6. The lowest BCUT2D eigenvalue weighted by Gasteiger charge is -2.30. The lowest BCUT2D eigenvalue weighted by molar-refractivity contribution is -0.115. The van der Waals surface area contributed by atoms with Gasteiger partial charge in [0.05, 0.1) is 0 Å². The summed E-state index contributed by atoms with van der Waals surface area (Å²) in [6.45, 7) is 16.3. The van der Waals surface area contributed by atoms with Crippen LogP contribution in [0, 0.1) is 29.6 Å². The molecule has 0 heterocycles. The first-order valence-electron chi connectivity index (χ1n) is 10.5. The van der Waals surface area contributed by atoms with Gasteiger partial charge in [0.1, 0.15) is 6.17 Å². The molecule has 0 aliphatic heterocycles. The zero-order valence-electron chi connectivity index (χ0n) is 17.3. The summed E-state index contributed by atoms with van der Waals surface area (Å²) >= 11 is 0. The summed E-state index contributed by atoms with van der Waals surface area (Å²) in [7, 11) is 0. The molecule has 1 rings (SSSR count). The van der Waals surface area contributed by atoms with Crippen molar-refractivity contribution in [3.8, 4) is 0 Å². The number of rotatable bonds is 8. The molecule has 1 aliphatic carbocycles. The molecule has 1 saturated carbocycles. The molecule has 0 aromatic heterocycles. The van der Waals surface area contributed by atoms with E-state index < -0.39 is 6.17 Å². The number of hydrogen-bond acceptors (Lipinski definition) is 1. The van der Waals surface area contributed by atoms with E-state index in [1.54, 1.807) is 0 Å². The SMILES string of the molecule is C=CC(=O)CC1CC(F)C(CC)CCC(CC)C(C)/C1=C\CC(C)C=C. The number of carbonyl (C=O) groups excluding carboxylic acids is 1. The Labute approximate surface area is 160 Å². The fourth-order valence-electron chi connectivity index (χ4n) is 4.42. The van der Waals surface area contributed by atoms with E-state index in [9.17, 15) is 4.79 Å². The summed E-state index contributed by atoms with van der Waals surface area (Å²) in [5, 5.41) is 0. The largest absolute Gasteiger partial charge is 0.295 e. The van der Waals surface area contributed by atoms with Gasteiger partial charge in [-0.3, -0.25) is 4.79 Å². The molecule has 1 nitrogen and oxygen atoms in total. The molecule has 1 aliphatic rings. The van der Waals surface area contributed by atoms with E-state index in [-0.39, 0.29) is 17.6 Å². The van der Waals surface area contributed by atoms with Gasteiger partial charge in [-0.15, -0.1) is 6.58 Å². The van der Waals surface area contributed by atoms with Gasteiger partial charge in [0.25, 0.3) is 0 Å². The van der Waals surface area contributed by atoms with Crippen LogP contribution in [0.2, 0.25) is 0 Å². The van der Waals surface area contributed by atoms with Gasteiger partial charge in [0.2, 0.25) is 0 Å². The van der Waals surface area contributed by atoms with Crippen LogP contribution >= 0.6 is 0 Å². The van der Waals surface area contributed by atoms with Gasteiger partial charge < -0.3 is 0 Å². The summed E-state index contributed by atoms with van der Waals surface area (Å²) in [4.78, 5) is 12.1. The molecule has 0 bridgehead atoms. The first-order valence-corrected chi connectivity index (χ1v) is 10.5. The Hall–Kier alpha value is -1.18. The second kappa shape index (κ2) is 11.5. The van der Waals surface area contributed by atoms with Gasteiger partial charge >= 0.3 is 0 Å². The Kier molecular flexibility index (Phi) is 10.1. The first-order chi connectivity index (χ1) is 12.4. The Bertz CT molecular complexity index is 492. The Balaban J connectivity index is 3.27. The zero-order valence-corrected chi connectivity index (χ0v) is 17.3. The maximum absolute atomic E-state index is 15.1. The van der Waals surface area contributed by atoms with Crippen LogP contribution in [0.4, 0.5) is 4.39 Å². The number of hydrogen-bond donors (Lipinski definition) is 0. The van der Waals surface area contributed by atoms with Crippen molar-refractivity contribution in [3.05, 3.63) is 37.0 Å². The molecule has 0 amide bonds. The van der Waals surface area contributed by atoms with Crippen LogP contribution in [0.15, 0.2) is 37.0 Å². The van der Waals surface area contributed by atoms with Crippen LogP contribution in [-0.2, 0) is 4.79 Å². The first kappa shape index (κ1) is 22.9. The van der Waals surface area contributed by atoms with Crippen LogP contribution < -0.4 is 0 Å². The maximum Gasteiger partial charge on any atom is 0.155 e. The van der Waals surface area contributed by atoms with Crippen LogP contribution in [0.3, 0.4) is 0 Å². The summed E-state index contributed by atoms with van der Waals surface area (Å²) < 4.78 is 15.1. The molecule has 0 N–H and O–H groups in total. The molecule has 0 spiro atoms. The monoisotopic (exact) mass is 362 g/mol. The lowest BCUT2D eigenvalue weighted by atomic mass is 9.75. The highest BCUT2D eigenvalue weighted by Gasteiger charge is 2.33. The molecule has 0 radical (unpaired) electrons. The average molecular weight is 363 g/mol. The fourth-order valence-corrected chi connectivity index (χ4v) is 4.42. The smallest absolute Gasteiger partial charge is 0.155 e. The molecule has 0 aromatic rings. The average Bonchev–Trinajstić information content (AvgIpc) is 2.67. The molecule has 0 saturated heterocycles. The highest BCUT2D eigenvalue weighted by Crippen LogP contribution is 2.41. The quantitative estimate of drug-likeness (QED) is 0.332. The van der Waals surface area contributed by atoms with E-state index in [0.717, 1.165) is 32.1 Å². The van der Waals surface area contributed by atoms with Gasteiger partial charge in [-0.25, -0.2) is 4.39 Å². The van der Waals surface area contributed by atoms with Gasteiger partial charge in [0, 0.05) is 6.42 Å². The summed E-state index contributed by atoms with van der Waals surface area (Å²) in [6, 6.07) is 0. The molecule has 6 unspecified atom stereocenters. The van der Waals surface area contributed by atoms with Crippen molar-refractivity contribution in [2.45, 2.75) is 78.8 Å². The number of allylic oxidation sites excluding steroid dienone is 4. The topological polar surface area (TPSA) is 17.1 Å². The third-order valence-corrected chi connectivity index (χ3v) is 6.49. The van der Waals surface area contributed by atoms with E-state index >= 15 is 4.39 Å². The van der Waals surface area contributed by atoms with Crippen molar-refractivity contribution in [3.63, 3.8) is 0 Å². The standard InChI is InChI=1S/C24H39FO/c1-7-17(5)11-14-23-18(6)19(8-2)12-13-20(9-3)24(25)16-21(23)15-22(26)10-4/h7,10,14,17-21,24H,1,4,8-9,11-13,15-16H2,2-3,5-6H3/b23-14+. The second-order valence-corrected chi connectivity index (χ2v) is 8.18. The van der Waals surface area contributed by atoms with Gasteiger partial charge in [0.15, 0.2) is 5.78 Å². The highest BCUT2D eigenvalue weighted by molar-refractivity contribution is 5.89. The maximum atomic E-state index is 15.1. The molecule has 148 valence electrons. The molecular formula is C24H39FO. The molecule has 26 heavy (non-hydrogen) atoms. The molecule has 1 fully saturated rings. The summed E-state index contributed by atoms with van der Waals surface area (Å²) in [5.41, 5.74) is 1.29. The van der Waals surface area contributed by atoms with Crippen LogP contribution in [0.1, 0.15) is 72.6 Å². The minimum Gasteiger partial charge on any atom is -0.295 e. The summed E-state index contributed by atoms with van der Waals surface area (Å²) in [5.74, 6) is 1.47. The van der Waals surface area contributed by atoms with Crippen LogP contribution in [0.25, 0.3) is 0 Å². The van der Waals surface area contributed by atoms with E-state index in [2.05, 4.69) is 46.9 Å². The zero-order chi connectivity index (χ0) is 19.7. The Morgan fingerprint density at radius 3 is 2.38 bits per heavy atom. The molecule has 6 atom stereocenters. The van der Waals surface area contributed by atoms with E-state index in [0.29, 0.717) is 30.6 Å². The second-order valence-electron chi connectivity index (χ2n) is 8.18. The molecular weight excluding hydrogens is 323 g/mol. The highest BCUT2D eigenvalue weighted by atomic mass is 19.1. The fraction of sp³-hybridized carbons (Fsp3) is 0.708. The van der Waals surface area contributed by atoms with Crippen molar-refractivity contribution < 1.29 is 9.18 Å². The van der Waals surface area contributed by atoms with Crippen molar-refractivity contribution in [2.24, 2.45) is 29.6 Å². The predicted octanol–water partition coefficient (Wildman–Crippen LogP) is 7.10. The number of carbonyl (C=O) groups is 1. The lowest BCUT2D eigenvalue weighted by Crippen LogP contribution is -2.23. The van der Waals surface area contributed by atoms with Crippen LogP contribution in [-0.4, -0.2) is 12.0 Å². The predicted molar refractivity (Wildman–Crippen MR) is 111 cm³/mol. The van der Waals surface area contributed by atoms with Gasteiger partial charge in [-0.2, -0.15) is 0 Å². The van der Waals surface area contributed by atoms with Crippen molar-refractivity contribution >= 4 is 5.78 Å². The Morgan fingerprint density at radius 1 is 1.23 bits per heavy atom. The van der Waals surface area contributed by atoms with Gasteiger partial charge in [-0.1, -0.05) is 64.8 Å². The van der Waals surface area contributed by atoms with Crippen molar-refractivity contribution in [1.82, 2.24) is 0 Å². The Morgan fingerprint density at radius 2 is 1.85 bits per heavy atom. The number of halogens is 1.